The van der Waals surface area contributed by atoms with Crippen LogP contribution in [0, 0.1) is 0 Å². The first-order valence-electron chi connectivity index (χ1n) is 9.54. The van der Waals surface area contributed by atoms with Gasteiger partial charge in [-0.2, -0.15) is 0 Å². The molecule has 2 heterocycles. The average Bonchev–Trinajstić information content (AvgIpc) is 2.76. The van der Waals surface area contributed by atoms with Crippen molar-refractivity contribution in [1.82, 2.24) is 20.1 Å². The molecule has 0 atom stereocenters. The van der Waals surface area contributed by atoms with E-state index in [4.69, 9.17) is 9.47 Å². The molecule has 0 saturated carbocycles. The molecule has 3 rings (SSSR count). The lowest BCUT2D eigenvalue weighted by Crippen LogP contribution is -2.51. The Hall–Kier alpha value is -2.80. The first-order valence-corrected chi connectivity index (χ1v) is 9.54. The number of carbonyl (C=O) groups is 1. The Kier molecular flexibility index (Phi) is 7.08. The van der Waals surface area contributed by atoms with Crippen molar-refractivity contribution in [2.24, 2.45) is 0 Å². The number of nitrogens with zero attached hydrogens (tertiary/aromatic N) is 3. The maximum Gasteiger partial charge on any atom is 0.317 e. The standard InChI is InChI=1S/C21H28N4O3/c1-27-19-6-5-17(14-20(19)28-2)7-9-24-10-12-25(13-11-24)21(26)23-16-18-4-3-8-22-15-18/h3-6,8,14-15H,7,9-13,16H2,1-2H3,(H,23,26). The smallest absolute Gasteiger partial charge is 0.317 e. The van der Waals surface area contributed by atoms with E-state index < -0.39 is 0 Å². The Balaban J connectivity index is 1.41. The molecule has 28 heavy (non-hydrogen) atoms. The highest BCUT2D eigenvalue weighted by Crippen LogP contribution is 2.27. The minimum atomic E-state index is -0.0107. The van der Waals surface area contributed by atoms with Gasteiger partial charge in [0.1, 0.15) is 0 Å². The van der Waals surface area contributed by atoms with Crippen LogP contribution in [-0.2, 0) is 13.0 Å². The van der Waals surface area contributed by atoms with Crippen molar-refractivity contribution in [3.8, 4) is 11.5 Å². The molecule has 1 aromatic heterocycles. The highest BCUT2D eigenvalue weighted by Gasteiger charge is 2.20. The number of carbonyl (C=O) groups excluding carboxylic acids is 1. The first kappa shape index (κ1) is 19.9. The summed E-state index contributed by atoms with van der Waals surface area (Å²) in [5.74, 6) is 1.51. The van der Waals surface area contributed by atoms with E-state index in [1.165, 1.54) is 5.56 Å². The van der Waals surface area contributed by atoms with E-state index in [0.717, 1.165) is 56.2 Å². The third kappa shape index (κ3) is 5.36. The minimum Gasteiger partial charge on any atom is -0.493 e. The number of amides is 2. The van der Waals surface area contributed by atoms with Crippen LogP contribution in [0.3, 0.4) is 0 Å². The molecule has 150 valence electrons. The quantitative estimate of drug-likeness (QED) is 0.793. The number of rotatable bonds is 7. The zero-order chi connectivity index (χ0) is 19.8. The third-order valence-electron chi connectivity index (χ3n) is 4.99. The second kappa shape index (κ2) is 9.94. The van der Waals surface area contributed by atoms with Crippen LogP contribution in [0.5, 0.6) is 11.5 Å². The molecule has 1 aliphatic rings. The molecule has 1 aliphatic heterocycles. The van der Waals surface area contributed by atoms with E-state index in [-0.39, 0.29) is 6.03 Å². The van der Waals surface area contributed by atoms with Gasteiger partial charge in [-0.15, -0.1) is 0 Å². The maximum absolute atomic E-state index is 12.3. The van der Waals surface area contributed by atoms with Crippen LogP contribution in [0.25, 0.3) is 0 Å². The summed E-state index contributed by atoms with van der Waals surface area (Å²) in [7, 11) is 3.30. The average molecular weight is 384 g/mol. The van der Waals surface area contributed by atoms with Crippen LogP contribution in [0.2, 0.25) is 0 Å². The monoisotopic (exact) mass is 384 g/mol. The Morgan fingerprint density at radius 2 is 1.86 bits per heavy atom. The molecule has 0 spiro atoms. The molecule has 0 aliphatic carbocycles. The molecule has 0 unspecified atom stereocenters. The van der Waals surface area contributed by atoms with Gasteiger partial charge in [0.2, 0.25) is 0 Å². The van der Waals surface area contributed by atoms with Gasteiger partial charge in [-0.3, -0.25) is 9.88 Å². The molecule has 1 saturated heterocycles. The summed E-state index contributed by atoms with van der Waals surface area (Å²) in [5, 5.41) is 2.97. The van der Waals surface area contributed by atoms with E-state index in [9.17, 15) is 4.79 Å². The van der Waals surface area contributed by atoms with Gasteiger partial charge < -0.3 is 19.7 Å². The summed E-state index contributed by atoms with van der Waals surface area (Å²) in [5.41, 5.74) is 2.22. The molecule has 7 nitrogen and oxygen atoms in total. The largest absolute Gasteiger partial charge is 0.493 e. The van der Waals surface area contributed by atoms with Crippen molar-refractivity contribution >= 4 is 6.03 Å². The fourth-order valence-corrected chi connectivity index (χ4v) is 3.29. The molecule has 2 aromatic rings. The van der Waals surface area contributed by atoms with Gasteiger partial charge in [0.25, 0.3) is 0 Å². The van der Waals surface area contributed by atoms with Crippen molar-refractivity contribution in [1.29, 1.82) is 0 Å². The summed E-state index contributed by atoms with van der Waals surface area (Å²) in [6, 6.07) is 9.87. The number of aromatic nitrogens is 1. The fourth-order valence-electron chi connectivity index (χ4n) is 3.29. The highest BCUT2D eigenvalue weighted by atomic mass is 16.5. The Labute approximate surface area is 166 Å². The lowest BCUT2D eigenvalue weighted by molar-refractivity contribution is 0.140. The Morgan fingerprint density at radius 1 is 1.07 bits per heavy atom. The van der Waals surface area contributed by atoms with E-state index in [1.54, 1.807) is 26.6 Å². The summed E-state index contributed by atoms with van der Waals surface area (Å²) < 4.78 is 10.7. The molecule has 1 N–H and O–H groups in total. The normalized spacial score (nSPS) is 14.6. The van der Waals surface area contributed by atoms with Crippen molar-refractivity contribution in [2.45, 2.75) is 13.0 Å². The van der Waals surface area contributed by atoms with Crippen LogP contribution >= 0.6 is 0 Å². The van der Waals surface area contributed by atoms with Crippen molar-refractivity contribution in [3.63, 3.8) is 0 Å². The third-order valence-corrected chi connectivity index (χ3v) is 4.99. The molecular formula is C21H28N4O3. The molecule has 0 radical (unpaired) electrons. The minimum absolute atomic E-state index is 0.0107. The van der Waals surface area contributed by atoms with E-state index in [1.807, 2.05) is 29.2 Å². The van der Waals surface area contributed by atoms with Gasteiger partial charge in [-0.05, 0) is 35.7 Å². The molecular weight excluding hydrogens is 356 g/mol. The first-order chi connectivity index (χ1) is 13.7. The van der Waals surface area contributed by atoms with Crippen LogP contribution in [-0.4, -0.2) is 67.8 Å². The molecule has 1 aromatic carbocycles. The number of hydrogen-bond acceptors (Lipinski definition) is 5. The number of hydrogen-bond donors (Lipinski definition) is 1. The van der Waals surface area contributed by atoms with Gasteiger partial charge >= 0.3 is 6.03 Å². The lowest BCUT2D eigenvalue weighted by atomic mass is 10.1. The fraction of sp³-hybridized carbons (Fsp3) is 0.429. The van der Waals surface area contributed by atoms with Crippen LogP contribution < -0.4 is 14.8 Å². The van der Waals surface area contributed by atoms with Crippen LogP contribution in [0.4, 0.5) is 4.79 Å². The molecule has 7 heteroatoms. The predicted octanol–water partition coefficient (Wildman–Crippen LogP) is 2.17. The zero-order valence-corrected chi connectivity index (χ0v) is 16.6. The van der Waals surface area contributed by atoms with Gasteiger partial charge in [-0.25, -0.2) is 4.79 Å². The van der Waals surface area contributed by atoms with E-state index in [2.05, 4.69) is 21.3 Å². The number of benzene rings is 1. The van der Waals surface area contributed by atoms with Gasteiger partial charge in [-0.1, -0.05) is 12.1 Å². The number of pyridine rings is 1. The summed E-state index contributed by atoms with van der Waals surface area (Å²) >= 11 is 0. The highest BCUT2D eigenvalue weighted by molar-refractivity contribution is 5.74. The van der Waals surface area contributed by atoms with Crippen molar-refractivity contribution in [2.75, 3.05) is 46.9 Å². The number of urea groups is 1. The number of methoxy groups -OCH3 is 2. The van der Waals surface area contributed by atoms with Gasteiger partial charge in [0.05, 0.1) is 14.2 Å². The second-order valence-electron chi connectivity index (χ2n) is 6.79. The summed E-state index contributed by atoms with van der Waals surface area (Å²) in [6.07, 6.45) is 4.44. The SMILES string of the molecule is COc1ccc(CCN2CCN(C(=O)NCc3cccnc3)CC2)cc1OC. The topological polar surface area (TPSA) is 66.9 Å². The number of ether oxygens (including phenoxy) is 2. The zero-order valence-electron chi connectivity index (χ0n) is 16.6. The predicted molar refractivity (Wildman–Crippen MR) is 108 cm³/mol. The summed E-state index contributed by atoms with van der Waals surface area (Å²) in [4.78, 5) is 20.7. The maximum atomic E-state index is 12.3. The Bertz CT molecular complexity index is 762. The lowest BCUT2D eigenvalue weighted by Gasteiger charge is -2.34. The molecule has 2 amide bonds. The van der Waals surface area contributed by atoms with Gasteiger partial charge in [0.15, 0.2) is 11.5 Å². The second-order valence-corrected chi connectivity index (χ2v) is 6.79. The van der Waals surface area contributed by atoms with E-state index in [0.29, 0.717) is 6.54 Å². The van der Waals surface area contributed by atoms with Crippen LogP contribution in [0.1, 0.15) is 11.1 Å². The summed E-state index contributed by atoms with van der Waals surface area (Å²) in [6.45, 7) is 4.71. The van der Waals surface area contributed by atoms with Crippen LogP contribution in [0.15, 0.2) is 42.7 Å². The van der Waals surface area contributed by atoms with Crippen molar-refractivity contribution in [3.05, 3.63) is 53.9 Å². The van der Waals surface area contributed by atoms with Gasteiger partial charge in [0, 0.05) is 51.7 Å². The molecule has 1 fully saturated rings. The molecule has 0 bridgehead atoms. The number of nitrogens with one attached hydrogen (secondary N) is 1. The number of piperazine rings is 1. The van der Waals surface area contributed by atoms with Crippen molar-refractivity contribution < 1.29 is 14.3 Å². The Morgan fingerprint density at radius 3 is 2.54 bits per heavy atom. The van der Waals surface area contributed by atoms with E-state index >= 15 is 0 Å².